The van der Waals surface area contributed by atoms with Gasteiger partial charge in [-0.25, -0.2) is 4.79 Å². The molecule has 2 heterocycles. The highest BCUT2D eigenvalue weighted by atomic mass is 35.5. The van der Waals surface area contributed by atoms with Crippen molar-refractivity contribution in [3.05, 3.63) is 63.5 Å². The SMILES string of the molecule is CCOC(=O)[C@H](C)Nc1nnc(Cl)cc1-c1ccccc1N(C)C(=O)c1c(Cl)cncc1Cl. The van der Waals surface area contributed by atoms with E-state index < -0.39 is 17.9 Å². The number of esters is 1. The normalized spacial score (nSPS) is 11.6. The smallest absolute Gasteiger partial charge is 0.328 e. The maximum absolute atomic E-state index is 13.3. The van der Waals surface area contributed by atoms with Crippen LogP contribution in [0.2, 0.25) is 15.2 Å². The molecule has 2 aromatic heterocycles. The first-order valence-electron chi connectivity index (χ1n) is 9.87. The number of ether oxygens (including phenoxy) is 1. The lowest BCUT2D eigenvalue weighted by molar-refractivity contribution is -0.143. The minimum absolute atomic E-state index is 0.130. The summed E-state index contributed by atoms with van der Waals surface area (Å²) < 4.78 is 5.05. The molecule has 0 aliphatic rings. The first-order chi connectivity index (χ1) is 15.7. The lowest BCUT2D eigenvalue weighted by Crippen LogP contribution is -2.29. The predicted octanol–water partition coefficient (Wildman–Crippen LogP) is 5.14. The molecular formula is C22H20Cl3N5O3. The number of pyridine rings is 1. The van der Waals surface area contributed by atoms with Crippen LogP contribution in [0.5, 0.6) is 0 Å². The molecule has 0 radical (unpaired) electrons. The van der Waals surface area contributed by atoms with Crippen molar-refractivity contribution >= 4 is 58.2 Å². The van der Waals surface area contributed by atoms with Crippen LogP contribution in [0.25, 0.3) is 11.1 Å². The van der Waals surface area contributed by atoms with Crippen molar-refractivity contribution in [1.29, 1.82) is 0 Å². The fourth-order valence-electron chi connectivity index (χ4n) is 3.10. The first-order valence-corrected chi connectivity index (χ1v) is 11.0. The number of nitrogens with zero attached hydrogens (tertiary/aromatic N) is 4. The van der Waals surface area contributed by atoms with Crippen LogP contribution in [0.4, 0.5) is 11.5 Å². The first kappa shape index (κ1) is 24.7. The number of carbonyl (C=O) groups excluding carboxylic acids is 2. The summed E-state index contributed by atoms with van der Waals surface area (Å²) in [5.41, 5.74) is 1.81. The van der Waals surface area contributed by atoms with Crippen molar-refractivity contribution in [3.63, 3.8) is 0 Å². The summed E-state index contributed by atoms with van der Waals surface area (Å²) in [6, 6.07) is 8.03. The molecule has 0 unspecified atom stereocenters. The van der Waals surface area contributed by atoms with E-state index in [0.29, 0.717) is 22.6 Å². The van der Waals surface area contributed by atoms with E-state index in [1.54, 1.807) is 51.2 Å². The van der Waals surface area contributed by atoms with Gasteiger partial charge in [0.05, 0.1) is 27.9 Å². The Morgan fingerprint density at radius 3 is 2.42 bits per heavy atom. The number of anilines is 2. The Labute approximate surface area is 205 Å². The lowest BCUT2D eigenvalue weighted by atomic mass is 10.0. The van der Waals surface area contributed by atoms with E-state index in [1.807, 2.05) is 0 Å². The third kappa shape index (κ3) is 5.52. The highest BCUT2D eigenvalue weighted by Crippen LogP contribution is 2.36. The molecule has 1 N–H and O–H groups in total. The molecular weight excluding hydrogens is 489 g/mol. The molecule has 1 amide bonds. The zero-order valence-electron chi connectivity index (χ0n) is 18.0. The number of nitrogens with one attached hydrogen (secondary N) is 1. The number of halogens is 3. The van der Waals surface area contributed by atoms with Gasteiger partial charge in [0.1, 0.15) is 6.04 Å². The van der Waals surface area contributed by atoms with Crippen molar-refractivity contribution in [2.45, 2.75) is 19.9 Å². The second-order valence-electron chi connectivity index (χ2n) is 6.91. The van der Waals surface area contributed by atoms with E-state index in [-0.39, 0.29) is 27.4 Å². The number of hydrogen-bond donors (Lipinski definition) is 1. The second-order valence-corrected chi connectivity index (χ2v) is 8.11. The van der Waals surface area contributed by atoms with Gasteiger partial charge in [-0.05, 0) is 26.0 Å². The molecule has 11 heteroatoms. The Hall–Kier alpha value is -2.94. The molecule has 3 rings (SSSR count). The lowest BCUT2D eigenvalue weighted by Gasteiger charge is -2.23. The van der Waals surface area contributed by atoms with Crippen molar-refractivity contribution in [1.82, 2.24) is 15.2 Å². The zero-order chi connectivity index (χ0) is 24.1. The summed E-state index contributed by atoms with van der Waals surface area (Å²) in [7, 11) is 1.60. The highest BCUT2D eigenvalue weighted by Gasteiger charge is 2.24. The predicted molar refractivity (Wildman–Crippen MR) is 129 cm³/mol. The fourth-order valence-corrected chi connectivity index (χ4v) is 3.77. The molecule has 0 saturated carbocycles. The summed E-state index contributed by atoms with van der Waals surface area (Å²) in [6.07, 6.45) is 2.71. The topological polar surface area (TPSA) is 97.3 Å². The molecule has 0 saturated heterocycles. The Bertz CT molecular complexity index is 1170. The van der Waals surface area contributed by atoms with E-state index in [9.17, 15) is 9.59 Å². The number of benzene rings is 1. The van der Waals surface area contributed by atoms with E-state index in [2.05, 4.69) is 20.5 Å². The van der Waals surface area contributed by atoms with Crippen LogP contribution in [-0.4, -0.2) is 46.8 Å². The summed E-state index contributed by atoms with van der Waals surface area (Å²) in [5, 5.41) is 11.4. The van der Waals surface area contributed by atoms with Crippen LogP contribution in [0.3, 0.4) is 0 Å². The minimum atomic E-state index is -0.694. The zero-order valence-corrected chi connectivity index (χ0v) is 20.2. The van der Waals surface area contributed by atoms with Gasteiger partial charge in [0, 0.05) is 30.6 Å². The molecule has 8 nitrogen and oxygen atoms in total. The quantitative estimate of drug-likeness (QED) is 0.441. The largest absolute Gasteiger partial charge is 0.464 e. The Morgan fingerprint density at radius 1 is 1.09 bits per heavy atom. The van der Waals surface area contributed by atoms with Gasteiger partial charge in [-0.2, -0.15) is 0 Å². The monoisotopic (exact) mass is 507 g/mol. The molecule has 3 aromatic rings. The summed E-state index contributed by atoms with van der Waals surface area (Å²) in [4.78, 5) is 30.7. The van der Waals surface area contributed by atoms with Crippen molar-refractivity contribution in [2.75, 3.05) is 23.9 Å². The summed E-state index contributed by atoms with van der Waals surface area (Å²) in [6.45, 7) is 3.62. The van der Waals surface area contributed by atoms with Gasteiger partial charge in [0.2, 0.25) is 0 Å². The minimum Gasteiger partial charge on any atom is -0.464 e. The van der Waals surface area contributed by atoms with Gasteiger partial charge in [-0.1, -0.05) is 53.0 Å². The van der Waals surface area contributed by atoms with E-state index in [4.69, 9.17) is 39.5 Å². The average molecular weight is 509 g/mol. The molecule has 1 aromatic carbocycles. The molecule has 0 fully saturated rings. The van der Waals surface area contributed by atoms with Crippen molar-refractivity contribution < 1.29 is 14.3 Å². The van der Waals surface area contributed by atoms with Crippen LogP contribution in [-0.2, 0) is 9.53 Å². The van der Waals surface area contributed by atoms with Gasteiger partial charge in [0.15, 0.2) is 11.0 Å². The summed E-state index contributed by atoms with van der Waals surface area (Å²) in [5.74, 6) is -0.571. The van der Waals surface area contributed by atoms with Crippen LogP contribution >= 0.6 is 34.8 Å². The van der Waals surface area contributed by atoms with Gasteiger partial charge in [0.25, 0.3) is 5.91 Å². The molecule has 0 bridgehead atoms. The third-order valence-corrected chi connectivity index (χ3v) is 5.44. The fraction of sp³-hybridized carbons (Fsp3) is 0.227. The van der Waals surface area contributed by atoms with Crippen LogP contribution < -0.4 is 10.2 Å². The van der Waals surface area contributed by atoms with Gasteiger partial charge < -0.3 is 15.0 Å². The van der Waals surface area contributed by atoms with Crippen LogP contribution in [0, 0.1) is 0 Å². The van der Waals surface area contributed by atoms with E-state index in [0.717, 1.165) is 0 Å². The van der Waals surface area contributed by atoms with Crippen molar-refractivity contribution in [3.8, 4) is 11.1 Å². The summed E-state index contributed by atoms with van der Waals surface area (Å²) >= 11 is 18.5. The maximum atomic E-state index is 13.3. The number of amides is 1. The number of aromatic nitrogens is 3. The van der Waals surface area contributed by atoms with Crippen LogP contribution in [0.1, 0.15) is 24.2 Å². The third-order valence-electron chi connectivity index (χ3n) is 4.68. The van der Waals surface area contributed by atoms with E-state index in [1.165, 1.54) is 17.3 Å². The number of para-hydroxylation sites is 1. The van der Waals surface area contributed by atoms with Crippen LogP contribution in [0.15, 0.2) is 42.7 Å². The average Bonchev–Trinajstić information content (AvgIpc) is 2.79. The van der Waals surface area contributed by atoms with Crippen molar-refractivity contribution in [2.24, 2.45) is 0 Å². The highest BCUT2D eigenvalue weighted by molar-refractivity contribution is 6.40. The standard InChI is InChI=1S/C22H20Cl3N5O3/c1-4-33-22(32)12(2)27-20-14(9-18(25)28-29-20)13-7-5-6-8-17(13)30(3)21(31)19-15(23)10-26-11-16(19)24/h5-12H,4H2,1-3H3,(H,27,29)/t12-/m0/s1. The van der Waals surface area contributed by atoms with E-state index >= 15 is 0 Å². The second kappa shape index (κ2) is 10.8. The molecule has 0 aliphatic carbocycles. The molecule has 33 heavy (non-hydrogen) atoms. The maximum Gasteiger partial charge on any atom is 0.328 e. The Morgan fingerprint density at radius 2 is 1.76 bits per heavy atom. The molecule has 172 valence electrons. The van der Waals surface area contributed by atoms with Gasteiger partial charge >= 0.3 is 5.97 Å². The Kier molecular flexibility index (Phi) is 8.07. The molecule has 0 spiro atoms. The molecule has 1 atom stereocenters. The number of carbonyl (C=O) groups is 2. The van der Waals surface area contributed by atoms with Gasteiger partial charge in [-0.3, -0.25) is 9.78 Å². The Balaban J connectivity index is 2.05. The number of rotatable bonds is 7. The molecule has 0 aliphatic heterocycles. The van der Waals surface area contributed by atoms with Gasteiger partial charge in [-0.15, -0.1) is 10.2 Å². The number of hydrogen-bond acceptors (Lipinski definition) is 7.